The number of halogens is 1. The van der Waals surface area contributed by atoms with E-state index in [0.29, 0.717) is 10.8 Å². The van der Waals surface area contributed by atoms with Gasteiger partial charge in [-0.25, -0.2) is 0 Å². The maximum atomic E-state index is 13.2. The Balaban J connectivity index is 1.88. The van der Waals surface area contributed by atoms with Crippen LogP contribution in [-0.2, 0) is 16.1 Å². The molecule has 1 aromatic heterocycles. The van der Waals surface area contributed by atoms with E-state index in [2.05, 4.69) is 0 Å². The number of hydrogen-bond donors (Lipinski definition) is 1. The standard InChI is InChI=1S/C25H22ClNO5S/c1-14-10-17(24(32-3)18(26)11-14)22(28)20-21(19-8-5-9-33-19)27(25(30)23(20)29)13-15-6-4-7-16(12-15)31-2/h4-12,21,28H,13H2,1-3H3/b22-20-. The quantitative estimate of drug-likeness (QED) is 0.290. The number of aliphatic hydroxyl groups is 1. The molecule has 1 fully saturated rings. The number of ether oxygens (including phenoxy) is 2. The van der Waals surface area contributed by atoms with Gasteiger partial charge in [-0.05, 0) is 53.8 Å². The summed E-state index contributed by atoms with van der Waals surface area (Å²) in [6.45, 7) is 1.99. The monoisotopic (exact) mass is 483 g/mol. The predicted octanol–water partition coefficient (Wildman–Crippen LogP) is 5.35. The van der Waals surface area contributed by atoms with Crippen LogP contribution in [0, 0.1) is 6.92 Å². The fourth-order valence-corrected chi connectivity index (χ4v) is 5.21. The molecule has 2 aromatic carbocycles. The molecule has 1 aliphatic heterocycles. The lowest BCUT2D eigenvalue weighted by Gasteiger charge is -2.24. The molecule has 0 aliphatic carbocycles. The van der Waals surface area contributed by atoms with Gasteiger partial charge >= 0.3 is 0 Å². The minimum absolute atomic E-state index is 0.00492. The van der Waals surface area contributed by atoms with Gasteiger partial charge in [0.1, 0.15) is 17.3 Å². The molecule has 33 heavy (non-hydrogen) atoms. The highest BCUT2D eigenvalue weighted by Gasteiger charge is 2.46. The number of thiophene rings is 1. The second-order valence-corrected chi connectivity index (χ2v) is 9.01. The summed E-state index contributed by atoms with van der Waals surface area (Å²) >= 11 is 7.73. The van der Waals surface area contributed by atoms with E-state index in [9.17, 15) is 14.7 Å². The first kappa shape index (κ1) is 22.9. The van der Waals surface area contributed by atoms with E-state index in [1.54, 1.807) is 19.2 Å². The first-order valence-electron chi connectivity index (χ1n) is 10.1. The molecule has 0 bridgehead atoms. The largest absolute Gasteiger partial charge is 0.507 e. The highest BCUT2D eigenvalue weighted by atomic mass is 35.5. The average molecular weight is 484 g/mol. The Morgan fingerprint density at radius 3 is 2.58 bits per heavy atom. The van der Waals surface area contributed by atoms with E-state index >= 15 is 0 Å². The van der Waals surface area contributed by atoms with Gasteiger partial charge in [0.2, 0.25) is 0 Å². The van der Waals surface area contributed by atoms with Crippen molar-refractivity contribution in [2.24, 2.45) is 0 Å². The Kier molecular flexibility index (Phi) is 6.44. The summed E-state index contributed by atoms with van der Waals surface area (Å²) < 4.78 is 10.7. The summed E-state index contributed by atoms with van der Waals surface area (Å²) in [7, 11) is 3.00. The third-order valence-electron chi connectivity index (χ3n) is 5.49. The van der Waals surface area contributed by atoms with Crippen molar-refractivity contribution in [1.29, 1.82) is 0 Å². The molecular weight excluding hydrogens is 462 g/mol. The van der Waals surface area contributed by atoms with Gasteiger partial charge < -0.3 is 19.5 Å². The van der Waals surface area contributed by atoms with Gasteiger partial charge in [0.25, 0.3) is 11.7 Å². The molecule has 1 unspecified atom stereocenters. The minimum Gasteiger partial charge on any atom is -0.507 e. The SMILES string of the molecule is COc1cccc(CN2C(=O)C(=O)/C(=C(\O)c3cc(C)cc(Cl)c3OC)C2c2cccs2)c1. The van der Waals surface area contributed by atoms with E-state index in [1.807, 2.05) is 48.7 Å². The normalized spacial score (nSPS) is 17.5. The zero-order valence-corrected chi connectivity index (χ0v) is 19.9. The average Bonchev–Trinajstić information content (AvgIpc) is 3.41. The first-order valence-corrected chi connectivity index (χ1v) is 11.4. The third kappa shape index (κ3) is 4.21. The van der Waals surface area contributed by atoms with Gasteiger partial charge in [-0.2, -0.15) is 0 Å². The van der Waals surface area contributed by atoms with Crippen molar-refractivity contribution in [2.45, 2.75) is 19.5 Å². The second kappa shape index (κ2) is 9.29. The first-order chi connectivity index (χ1) is 15.8. The number of aliphatic hydroxyl groups excluding tert-OH is 1. The van der Waals surface area contributed by atoms with Crippen molar-refractivity contribution >= 4 is 40.4 Å². The van der Waals surface area contributed by atoms with Crippen LogP contribution >= 0.6 is 22.9 Å². The summed E-state index contributed by atoms with van der Waals surface area (Å²) in [6, 6.07) is 13.6. The number of likely N-dealkylation sites (tertiary alicyclic amines) is 1. The molecule has 3 aromatic rings. The second-order valence-electron chi connectivity index (χ2n) is 7.62. The van der Waals surface area contributed by atoms with Crippen LogP contribution in [-0.4, -0.2) is 35.9 Å². The van der Waals surface area contributed by atoms with Gasteiger partial charge in [-0.3, -0.25) is 9.59 Å². The number of ketones is 1. The number of nitrogens with zero attached hydrogens (tertiary/aromatic N) is 1. The summed E-state index contributed by atoms with van der Waals surface area (Å²) in [5.41, 5.74) is 1.85. The molecule has 4 rings (SSSR count). The molecule has 6 nitrogen and oxygen atoms in total. The van der Waals surface area contributed by atoms with Crippen LogP contribution in [0.1, 0.15) is 27.6 Å². The number of benzene rings is 2. The van der Waals surface area contributed by atoms with Crippen molar-refractivity contribution in [3.63, 3.8) is 0 Å². The number of amides is 1. The number of carbonyl (C=O) groups is 2. The van der Waals surface area contributed by atoms with Gasteiger partial charge in [0.05, 0.1) is 36.4 Å². The number of methoxy groups -OCH3 is 2. The van der Waals surface area contributed by atoms with Crippen LogP contribution < -0.4 is 9.47 Å². The van der Waals surface area contributed by atoms with Crippen LogP contribution in [0.4, 0.5) is 0 Å². The summed E-state index contributed by atoms with van der Waals surface area (Å²) in [5, 5.41) is 13.5. The van der Waals surface area contributed by atoms with Crippen molar-refractivity contribution in [2.75, 3.05) is 14.2 Å². The van der Waals surface area contributed by atoms with E-state index in [4.69, 9.17) is 21.1 Å². The number of carbonyl (C=O) groups excluding carboxylic acids is 2. The topological polar surface area (TPSA) is 76.1 Å². The minimum atomic E-state index is -0.756. The molecule has 8 heteroatoms. The molecule has 1 N–H and O–H groups in total. The zero-order chi connectivity index (χ0) is 23.7. The van der Waals surface area contributed by atoms with Crippen molar-refractivity contribution in [1.82, 2.24) is 4.90 Å². The molecule has 1 aliphatic rings. The van der Waals surface area contributed by atoms with E-state index < -0.39 is 17.7 Å². The molecule has 1 amide bonds. The lowest BCUT2D eigenvalue weighted by Crippen LogP contribution is -2.28. The van der Waals surface area contributed by atoms with E-state index in [-0.39, 0.29) is 29.2 Å². The van der Waals surface area contributed by atoms with Crippen molar-refractivity contribution in [3.8, 4) is 11.5 Å². The molecule has 1 atom stereocenters. The Morgan fingerprint density at radius 1 is 1.12 bits per heavy atom. The highest BCUT2D eigenvalue weighted by molar-refractivity contribution is 7.10. The Labute approximate surface area is 200 Å². The molecule has 2 heterocycles. The van der Waals surface area contributed by atoms with Crippen LogP contribution in [0.2, 0.25) is 5.02 Å². The van der Waals surface area contributed by atoms with Gasteiger partial charge in [0.15, 0.2) is 0 Å². The number of rotatable bonds is 6. The van der Waals surface area contributed by atoms with Crippen LogP contribution in [0.25, 0.3) is 5.76 Å². The van der Waals surface area contributed by atoms with Crippen LogP contribution in [0.15, 0.2) is 59.5 Å². The number of Topliss-reactive ketones (excluding diaryl/α,β-unsaturated/α-hetero) is 1. The Bertz CT molecular complexity index is 1250. The molecule has 0 spiro atoms. The fourth-order valence-electron chi connectivity index (χ4n) is 4.01. The van der Waals surface area contributed by atoms with E-state index in [0.717, 1.165) is 16.0 Å². The van der Waals surface area contributed by atoms with E-state index in [1.165, 1.54) is 23.3 Å². The van der Waals surface area contributed by atoms with Gasteiger partial charge in [0, 0.05) is 11.4 Å². The zero-order valence-electron chi connectivity index (χ0n) is 18.3. The van der Waals surface area contributed by atoms with Gasteiger partial charge in [-0.1, -0.05) is 29.8 Å². The van der Waals surface area contributed by atoms with Crippen LogP contribution in [0.5, 0.6) is 11.5 Å². The van der Waals surface area contributed by atoms with Crippen molar-refractivity contribution in [3.05, 3.63) is 86.1 Å². The molecule has 1 saturated heterocycles. The lowest BCUT2D eigenvalue weighted by molar-refractivity contribution is -0.140. The smallest absolute Gasteiger partial charge is 0.295 e. The maximum Gasteiger partial charge on any atom is 0.295 e. The lowest BCUT2D eigenvalue weighted by atomic mass is 9.98. The third-order valence-corrected chi connectivity index (χ3v) is 6.69. The van der Waals surface area contributed by atoms with Gasteiger partial charge in [-0.15, -0.1) is 11.3 Å². The molecule has 0 saturated carbocycles. The van der Waals surface area contributed by atoms with Crippen LogP contribution in [0.3, 0.4) is 0 Å². The molecule has 170 valence electrons. The summed E-state index contributed by atoms with van der Waals surface area (Å²) in [6.07, 6.45) is 0. The number of hydrogen-bond acceptors (Lipinski definition) is 6. The predicted molar refractivity (Wildman–Crippen MR) is 128 cm³/mol. The number of aryl methyl sites for hydroxylation is 1. The Morgan fingerprint density at radius 2 is 1.91 bits per heavy atom. The maximum absolute atomic E-state index is 13.2. The molecular formula is C25H22ClNO5S. The fraction of sp³-hybridized carbons (Fsp3) is 0.200. The Hall–Kier alpha value is -3.29. The summed E-state index contributed by atoms with van der Waals surface area (Å²) in [4.78, 5) is 28.6. The summed E-state index contributed by atoms with van der Waals surface area (Å²) in [5.74, 6) is -0.870. The highest BCUT2D eigenvalue weighted by Crippen LogP contribution is 2.44. The van der Waals surface area contributed by atoms with Crippen molar-refractivity contribution < 1.29 is 24.2 Å². The molecule has 0 radical (unpaired) electrons.